The standard InChI is InChI=1S/C22H21N5O5S/c1-30-16-6-5-13(10-17(16)31-2)15-11-14(18-4-3-9-33-18)26-27(15)19(28)12-32-22(29)20-21(23)25-8-7-24-20/h3-10,15H,11-12H2,1-2H3,(H2,23,25). The van der Waals surface area contributed by atoms with Gasteiger partial charge >= 0.3 is 5.97 Å². The smallest absolute Gasteiger partial charge is 0.361 e. The molecule has 0 spiro atoms. The first-order valence-corrected chi connectivity index (χ1v) is 10.8. The van der Waals surface area contributed by atoms with Crippen LogP contribution in [0.5, 0.6) is 11.5 Å². The van der Waals surface area contributed by atoms with Crippen molar-refractivity contribution in [2.24, 2.45) is 5.10 Å². The molecule has 0 saturated heterocycles. The summed E-state index contributed by atoms with van der Waals surface area (Å²) in [4.78, 5) is 34.0. The maximum atomic E-state index is 13.1. The summed E-state index contributed by atoms with van der Waals surface area (Å²) in [7, 11) is 3.10. The third-order valence-electron chi connectivity index (χ3n) is 5.01. The third-order valence-corrected chi connectivity index (χ3v) is 5.93. The van der Waals surface area contributed by atoms with Crippen LogP contribution in [0.1, 0.15) is 33.4 Å². The van der Waals surface area contributed by atoms with Gasteiger partial charge in [0.15, 0.2) is 29.6 Å². The fourth-order valence-electron chi connectivity index (χ4n) is 3.42. The molecule has 2 aromatic heterocycles. The number of carbonyl (C=O) groups excluding carboxylic acids is 2. The van der Waals surface area contributed by atoms with Gasteiger partial charge in [-0.1, -0.05) is 12.1 Å². The number of hydrogen-bond donors (Lipinski definition) is 1. The van der Waals surface area contributed by atoms with Gasteiger partial charge in [-0.25, -0.2) is 19.8 Å². The molecule has 1 atom stereocenters. The van der Waals surface area contributed by atoms with E-state index in [4.69, 9.17) is 19.9 Å². The molecule has 170 valence electrons. The van der Waals surface area contributed by atoms with Crippen LogP contribution < -0.4 is 15.2 Å². The number of nitrogens with zero attached hydrogens (tertiary/aromatic N) is 4. The number of amides is 1. The van der Waals surface area contributed by atoms with Crippen LogP contribution in [0.2, 0.25) is 0 Å². The van der Waals surface area contributed by atoms with E-state index in [0.29, 0.717) is 17.9 Å². The molecule has 0 aliphatic carbocycles. The van der Waals surface area contributed by atoms with Gasteiger partial charge in [0.05, 0.1) is 30.9 Å². The molecule has 1 aliphatic rings. The van der Waals surface area contributed by atoms with Crippen molar-refractivity contribution in [2.75, 3.05) is 26.6 Å². The number of thiophene rings is 1. The van der Waals surface area contributed by atoms with Gasteiger partial charge in [-0.3, -0.25) is 4.79 Å². The van der Waals surface area contributed by atoms with Gasteiger partial charge in [-0.15, -0.1) is 11.3 Å². The monoisotopic (exact) mass is 467 g/mol. The highest BCUT2D eigenvalue weighted by Gasteiger charge is 2.34. The van der Waals surface area contributed by atoms with E-state index in [1.165, 1.54) is 28.7 Å². The fraction of sp³-hybridized carbons (Fsp3) is 0.227. The summed E-state index contributed by atoms with van der Waals surface area (Å²) in [6.07, 6.45) is 3.17. The predicted octanol–water partition coefficient (Wildman–Crippen LogP) is 2.67. The van der Waals surface area contributed by atoms with Crippen LogP contribution in [-0.2, 0) is 9.53 Å². The van der Waals surface area contributed by atoms with Gasteiger partial charge < -0.3 is 19.9 Å². The Bertz CT molecular complexity index is 1200. The van der Waals surface area contributed by atoms with Crippen molar-refractivity contribution in [2.45, 2.75) is 12.5 Å². The van der Waals surface area contributed by atoms with Crippen LogP contribution in [0, 0.1) is 0 Å². The lowest BCUT2D eigenvalue weighted by molar-refractivity contribution is -0.136. The van der Waals surface area contributed by atoms with Gasteiger partial charge in [0.25, 0.3) is 5.91 Å². The molecule has 0 radical (unpaired) electrons. The Morgan fingerprint density at radius 2 is 1.94 bits per heavy atom. The summed E-state index contributed by atoms with van der Waals surface area (Å²) in [6.45, 7) is -0.528. The number of benzene rings is 1. The van der Waals surface area contributed by atoms with E-state index < -0.39 is 24.5 Å². The summed E-state index contributed by atoms with van der Waals surface area (Å²) in [5.41, 5.74) is 7.08. The molecule has 1 aliphatic heterocycles. The second kappa shape index (κ2) is 9.65. The first-order chi connectivity index (χ1) is 16.0. The van der Waals surface area contributed by atoms with Crippen LogP contribution in [0.3, 0.4) is 0 Å². The second-order valence-electron chi connectivity index (χ2n) is 6.96. The van der Waals surface area contributed by atoms with E-state index in [0.717, 1.165) is 16.2 Å². The Hall–Kier alpha value is -3.99. The first-order valence-electron chi connectivity index (χ1n) is 9.90. The Balaban J connectivity index is 1.57. The van der Waals surface area contributed by atoms with E-state index >= 15 is 0 Å². The molecule has 3 heterocycles. The molecular formula is C22H21N5O5S. The highest BCUT2D eigenvalue weighted by molar-refractivity contribution is 7.12. The van der Waals surface area contributed by atoms with Crippen LogP contribution in [-0.4, -0.2) is 53.4 Å². The number of aromatic nitrogens is 2. The molecule has 2 N–H and O–H groups in total. The molecule has 0 fully saturated rings. The van der Waals surface area contributed by atoms with Gasteiger partial charge in [-0.2, -0.15) is 5.10 Å². The Morgan fingerprint density at radius 1 is 1.15 bits per heavy atom. The van der Waals surface area contributed by atoms with E-state index in [-0.39, 0.29) is 11.5 Å². The summed E-state index contributed by atoms with van der Waals surface area (Å²) in [5, 5.41) is 7.83. The molecule has 10 nitrogen and oxygen atoms in total. The molecule has 1 unspecified atom stereocenters. The lowest BCUT2D eigenvalue weighted by atomic mass is 10.0. The van der Waals surface area contributed by atoms with Crippen molar-refractivity contribution in [3.8, 4) is 11.5 Å². The number of anilines is 1. The molecule has 4 rings (SSSR count). The number of ether oxygens (including phenoxy) is 3. The maximum Gasteiger partial charge on any atom is 0.361 e. The van der Waals surface area contributed by atoms with Crippen molar-refractivity contribution in [1.29, 1.82) is 0 Å². The van der Waals surface area contributed by atoms with Crippen LogP contribution in [0.25, 0.3) is 0 Å². The summed E-state index contributed by atoms with van der Waals surface area (Å²) in [6, 6.07) is 8.89. The molecule has 0 bridgehead atoms. The van der Waals surface area contributed by atoms with Crippen molar-refractivity contribution in [3.05, 3.63) is 64.2 Å². The number of nitrogens with two attached hydrogens (primary N) is 1. The van der Waals surface area contributed by atoms with E-state index in [1.54, 1.807) is 20.3 Å². The van der Waals surface area contributed by atoms with Gasteiger partial charge in [-0.05, 0) is 29.1 Å². The summed E-state index contributed by atoms with van der Waals surface area (Å²) >= 11 is 1.53. The molecule has 0 saturated carbocycles. The minimum absolute atomic E-state index is 0.0719. The van der Waals surface area contributed by atoms with Gasteiger partial charge in [0.2, 0.25) is 0 Å². The number of hydrogen-bond acceptors (Lipinski definition) is 10. The number of hydrazone groups is 1. The Morgan fingerprint density at radius 3 is 2.64 bits per heavy atom. The molecule has 3 aromatic rings. The largest absolute Gasteiger partial charge is 0.493 e. The highest BCUT2D eigenvalue weighted by atomic mass is 32.1. The van der Waals surface area contributed by atoms with Gasteiger partial charge in [0, 0.05) is 18.8 Å². The quantitative estimate of drug-likeness (QED) is 0.525. The van der Waals surface area contributed by atoms with Crippen LogP contribution in [0.15, 0.2) is 53.2 Å². The molecular weight excluding hydrogens is 446 g/mol. The number of rotatable bonds is 7. The lowest BCUT2D eigenvalue weighted by Gasteiger charge is -2.22. The Kier molecular flexibility index (Phi) is 6.50. The zero-order chi connectivity index (χ0) is 23.4. The number of methoxy groups -OCH3 is 2. The summed E-state index contributed by atoms with van der Waals surface area (Å²) < 4.78 is 15.9. The summed E-state index contributed by atoms with van der Waals surface area (Å²) in [5.74, 6) is -0.281. The fourth-order valence-corrected chi connectivity index (χ4v) is 4.14. The second-order valence-corrected chi connectivity index (χ2v) is 7.91. The van der Waals surface area contributed by atoms with E-state index in [9.17, 15) is 9.59 Å². The number of carbonyl (C=O) groups is 2. The zero-order valence-corrected chi connectivity index (χ0v) is 18.7. The number of esters is 1. The topological polar surface area (TPSA) is 129 Å². The minimum atomic E-state index is -0.835. The predicted molar refractivity (Wildman–Crippen MR) is 121 cm³/mol. The molecule has 1 amide bonds. The third kappa shape index (κ3) is 4.62. The van der Waals surface area contributed by atoms with Crippen molar-refractivity contribution < 1.29 is 23.8 Å². The lowest BCUT2D eigenvalue weighted by Crippen LogP contribution is -2.31. The minimum Gasteiger partial charge on any atom is -0.493 e. The molecule has 33 heavy (non-hydrogen) atoms. The average Bonchev–Trinajstić information content (AvgIpc) is 3.52. The normalized spacial score (nSPS) is 15.2. The van der Waals surface area contributed by atoms with Crippen molar-refractivity contribution >= 4 is 34.7 Å². The zero-order valence-electron chi connectivity index (χ0n) is 17.9. The van der Waals surface area contributed by atoms with Crippen molar-refractivity contribution in [1.82, 2.24) is 15.0 Å². The first kappa shape index (κ1) is 22.2. The van der Waals surface area contributed by atoms with E-state index in [2.05, 4.69) is 15.1 Å². The molecule has 1 aromatic carbocycles. The maximum absolute atomic E-state index is 13.1. The Labute approximate surface area is 193 Å². The average molecular weight is 468 g/mol. The molecule has 11 heteroatoms. The number of nitrogen functional groups attached to an aromatic ring is 1. The van der Waals surface area contributed by atoms with E-state index in [1.807, 2.05) is 29.6 Å². The van der Waals surface area contributed by atoms with Crippen LogP contribution in [0.4, 0.5) is 5.82 Å². The van der Waals surface area contributed by atoms with Crippen LogP contribution >= 0.6 is 11.3 Å². The highest BCUT2D eigenvalue weighted by Crippen LogP contribution is 2.37. The SMILES string of the molecule is COc1ccc(C2CC(c3cccs3)=NN2C(=O)COC(=O)c2nccnc2N)cc1OC. The van der Waals surface area contributed by atoms with Gasteiger partial charge in [0.1, 0.15) is 0 Å². The van der Waals surface area contributed by atoms with Crippen molar-refractivity contribution in [3.63, 3.8) is 0 Å².